The molecule has 1 saturated carbocycles. The van der Waals surface area contributed by atoms with E-state index in [-0.39, 0.29) is 30.2 Å². The lowest BCUT2D eigenvalue weighted by Gasteiger charge is -2.47. The molecule has 1 aliphatic carbocycles. The van der Waals surface area contributed by atoms with Crippen LogP contribution in [0.15, 0.2) is 60.7 Å². The van der Waals surface area contributed by atoms with Crippen LogP contribution in [-0.4, -0.2) is 66.3 Å². The van der Waals surface area contributed by atoms with Crippen molar-refractivity contribution in [1.29, 1.82) is 0 Å². The fourth-order valence-corrected chi connectivity index (χ4v) is 6.08. The molecule has 3 rings (SSSR count). The van der Waals surface area contributed by atoms with Gasteiger partial charge in [-0.05, 0) is 56.7 Å². The van der Waals surface area contributed by atoms with Crippen molar-refractivity contribution in [2.75, 3.05) is 26.8 Å². The number of ether oxygens (including phenoxy) is 4. The summed E-state index contributed by atoms with van der Waals surface area (Å²) >= 11 is 0. The molecule has 45 heavy (non-hydrogen) atoms. The average Bonchev–Trinajstić information content (AvgIpc) is 3.40. The summed E-state index contributed by atoms with van der Waals surface area (Å²) in [7, 11) is 2.10. The fraction of sp³-hybridized carbons (Fsp3) is 0.658. The summed E-state index contributed by atoms with van der Waals surface area (Å²) in [6, 6.07) is 20.5. The van der Waals surface area contributed by atoms with Gasteiger partial charge in [-0.3, -0.25) is 9.69 Å². The topological polar surface area (TPSA) is 77.5 Å². The summed E-state index contributed by atoms with van der Waals surface area (Å²) in [5, 5.41) is 11.8. The molecule has 0 amide bonds. The second kappa shape index (κ2) is 18.2. The maximum atomic E-state index is 11.9. The van der Waals surface area contributed by atoms with Crippen LogP contribution in [0.4, 0.5) is 0 Å². The van der Waals surface area contributed by atoms with Crippen molar-refractivity contribution in [2.24, 2.45) is 5.41 Å². The number of carbonyl (C=O) groups is 1. The number of aliphatic hydroxyl groups is 1. The van der Waals surface area contributed by atoms with Crippen LogP contribution in [0.3, 0.4) is 0 Å². The SMILES string of the molecule is CCCCC(C)(C)C(C)(O)CO[C@]1(N(C)CCCCCC(=O)OCC)C[C@H](OCc2ccccc2)C[C@@H]1OCc1ccccc1. The summed E-state index contributed by atoms with van der Waals surface area (Å²) < 4.78 is 25.3. The Labute approximate surface area is 272 Å². The van der Waals surface area contributed by atoms with Crippen LogP contribution < -0.4 is 0 Å². The van der Waals surface area contributed by atoms with Gasteiger partial charge in [-0.1, -0.05) is 101 Å². The van der Waals surface area contributed by atoms with E-state index in [0.29, 0.717) is 39.1 Å². The molecule has 1 aliphatic rings. The second-order valence-electron chi connectivity index (χ2n) is 13.6. The van der Waals surface area contributed by atoms with Crippen molar-refractivity contribution in [1.82, 2.24) is 4.90 Å². The highest BCUT2D eigenvalue weighted by Crippen LogP contribution is 2.43. The van der Waals surface area contributed by atoms with Gasteiger partial charge in [0.25, 0.3) is 0 Å². The normalized spacial score (nSPS) is 21.6. The predicted molar refractivity (Wildman–Crippen MR) is 180 cm³/mol. The molecule has 0 saturated heterocycles. The van der Waals surface area contributed by atoms with E-state index in [1.165, 1.54) is 0 Å². The zero-order chi connectivity index (χ0) is 32.8. The average molecular weight is 626 g/mol. The van der Waals surface area contributed by atoms with Crippen molar-refractivity contribution in [3.63, 3.8) is 0 Å². The molecule has 7 nitrogen and oxygen atoms in total. The number of nitrogens with zero attached hydrogens (tertiary/aromatic N) is 1. The van der Waals surface area contributed by atoms with Gasteiger partial charge in [0, 0.05) is 25.8 Å². The third-order valence-corrected chi connectivity index (χ3v) is 9.67. The first-order chi connectivity index (χ1) is 21.5. The lowest BCUT2D eigenvalue weighted by atomic mass is 9.73. The molecule has 1 unspecified atom stereocenters. The molecular formula is C38H59NO6. The van der Waals surface area contributed by atoms with Gasteiger partial charge in [-0.2, -0.15) is 0 Å². The smallest absolute Gasteiger partial charge is 0.305 e. The van der Waals surface area contributed by atoms with E-state index in [0.717, 1.165) is 56.2 Å². The van der Waals surface area contributed by atoms with Crippen molar-refractivity contribution in [3.8, 4) is 0 Å². The molecule has 0 spiro atoms. The van der Waals surface area contributed by atoms with Gasteiger partial charge in [0.15, 0.2) is 5.72 Å². The van der Waals surface area contributed by atoms with Gasteiger partial charge in [0.05, 0.1) is 38.1 Å². The quantitative estimate of drug-likeness (QED) is 0.0866. The number of hydrogen-bond donors (Lipinski definition) is 1. The number of esters is 1. The van der Waals surface area contributed by atoms with Gasteiger partial charge in [0.1, 0.15) is 6.10 Å². The molecule has 7 heteroatoms. The van der Waals surface area contributed by atoms with E-state index in [9.17, 15) is 9.90 Å². The molecule has 2 aromatic rings. The number of likely N-dealkylation sites (N-methyl/N-ethyl adjacent to an activating group) is 1. The fourth-order valence-electron chi connectivity index (χ4n) is 6.08. The molecule has 2 aromatic carbocycles. The van der Waals surface area contributed by atoms with Crippen LogP contribution in [0, 0.1) is 5.41 Å². The van der Waals surface area contributed by atoms with E-state index in [1.807, 2.05) is 50.2 Å². The molecule has 1 fully saturated rings. The number of benzene rings is 2. The molecule has 0 heterocycles. The predicted octanol–water partition coefficient (Wildman–Crippen LogP) is 7.69. The number of hydrogen-bond acceptors (Lipinski definition) is 7. The highest BCUT2D eigenvalue weighted by Gasteiger charge is 2.54. The number of unbranched alkanes of at least 4 members (excludes halogenated alkanes) is 3. The molecular weight excluding hydrogens is 566 g/mol. The zero-order valence-corrected chi connectivity index (χ0v) is 28.8. The Morgan fingerprint density at radius 1 is 0.911 bits per heavy atom. The lowest BCUT2D eigenvalue weighted by molar-refractivity contribution is -0.242. The minimum absolute atomic E-state index is 0.0738. The van der Waals surface area contributed by atoms with Gasteiger partial charge < -0.3 is 24.1 Å². The second-order valence-corrected chi connectivity index (χ2v) is 13.6. The molecule has 0 radical (unpaired) electrons. The first kappa shape index (κ1) is 37.2. The minimum Gasteiger partial charge on any atom is -0.466 e. The van der Waals surface area contributed by atoms with Crippen molar-refractivity contribution < 1.29 is 28.8 Å². The summed E-state index contributed by atoms with van der Waals surface area (Å²) in [5.74, 6) is -0.137. The molecule has 252 valence electrons. The summed E-state index contributed by atoms with van der Waals surface area (Å²) in [4.78, 5) is 14.1. The maximum absolute atomic E-state index is 11.9. The summed E-state index contributed by atoms with van der Waals surface area (Å²) in [6.45, 7) is 12.5. The molecule has 0 bridgehead atoms. The van der Waals surface area contributed by atoms with E-state index in [4.69, 9.17) is 18.9 Å². The standard InChI is InChI=1S/C38H59NO6/c1-7-9-24-36(3,4)37(5,41)30-45-38(39(6)25-18-12-17-23-35(40)42-8-2)27-33(43-28-31-19-13-10-14-20-31)26-34(38)44-29-32-21-15-11-16-22-32/h10-11,13-16,19-22,33-34,41H,7-9,12,17-18,23-30H2,1-6H3/t33-,34+,37?,38-/m1/s1. The third kappa shape index (κ3) is 11.2. The highest BCUT2D eigenvalue weighted by atomic mass is 16.6. The molecule has 0 aliphatic heterocycles. The Bertz CT molecular complexity index is 1110. The Morgan fingerprint density at radius 2 is 1.53 bits per heavy atom. The van der Waals surface area contributed by atoms with Gasteiger partial charge in [-0.15, -0.1) is 0 Å². The first-order valence-corrected chi connectivity index (χ1v) is 17.1. The monoisotopic (exact) mass is 625 g/mol. The Morgan fingerprint density at radius 3 is 2.13 bits per heavy atom. The van der Waals surface area contributed by atoms with Crippen LogP contribution in [0.5, 0.6) is 0 Å². The van der Waals surface area contributed by atoms with Gasteiger partial charge >= 0.3 is 5.97 Å². The minimum atomic E-state index is -1.04. The zero-order valence-electron chi connectivity index (χ0n) is 28.8. The summed E-state index contributed by atoms with van der Waals surface area (Å²) in [6.07, 6.45) is 7.07. The number of carbonyl (C=O) groups excluding carboxylic acids is 1. The van der Waals surface area contributed by atoms with Crippen molar-refractivity contribution in [2.45, 2.75) is 129 Å². The molecule has 1 N–H and O–H groups in total. The van der Waals surface area contributed by atoms with Crippen LogP contribution in [0.2, 0.25) is 0 Å². The lowest BCUT2D eigenvalue weighted by Crippen LogP contribution is -2.58. The Balaban J connectivity index is 1.82. The van der Waals surface area contributed by atoms with E-state index >= 15 is 0 Å². The Kier molecular flexibility index (Phi) is 15.0. The number of rotatable bonds is 21. The molecule has 0 aromatic heterocycles. The van der Waals surface area contributed by atoms with Crippen LogP contribution >= 0.6 is 0 Å². The first-order valence-electron chi connectivity index (χ1n) is 17.1. The van der Waals surface area contributed by atoms with Crippen LogP contribution in [-0.2, 0) is 37.0 Å². The van der Waals surface area contributed by atoms with E-state index in [2.05, 4.69) is 57.0 Å². The largest absolute Gasteiger partial charge is 0.466 e. The summed E-state index contributed by atoms with van der Waals surface area (Å²) in [5.41, 5.74) is 0.0885. The van der Waals surface area contributed by atoms with E-state index in [1.54, 1.807) is 0 Å². The molecule has 4 atom stereocenters. The van der Waals surface area contributed by atoms with Crippen molar-refractivity contribution >= 4 is 5.97 Å². The third-order valence-electron chi connectivity index (χ3n) is 9.67. The Hall–Kier alpha value is -2.29. The van der Waals surface area contributed by atoms with Crippen molar-refractivity contribution in [3.05, 3.63) is 71.8 Å². The van der Waals surface area contributed by atoms with Gasteiger partial charge in [0.2, 0.25) is 0 Å². The van der Waals surface area contributed by atoms with Crippen LogP contribution in [0.25, 0.3) is 0 Å². The van der Waals surface area contributed by atoms with E-state index < -0.39 is 11.3 Å². The maximum Gasteiger partial charge on any atom is 0.305 e. The van der Waals surface area contributed by atoms with Gasteiger partial charge in [-0.25, -0.2) is 0 Å². The van der Waals surface area contributed by atoms with Crippen LogP contribution in [0.1, 0.15) is 104 Å². The highest BCUT2D eigenvalue weighted by molar-refractivity contribution is 5.69.